The van der Waals surface area contributed by atoms with Crippen LogP contribution in [0.4, 0.5) is 0 Å². The summed E-state index contributed by atoms with van der Waals surface area (Å²) >= 11 is 5.89. The smallest absolute Gasteiger partial charge is 0.335 e. The zero-order valence-electron chi connectivity index (χ0n) is 10.6. The number of aromatic nitrogens is 2. The van der Waals surface area contributed by atoms with E-state index in [4.69, 9.17) is 16.7 Å². The maximum absolute atomic E-state index is 11.1. The second-order valence-corrected chi connectivity index (χ2v) is 5.01. The van der Waals surface area contributed by atoms with E-state index in [0.29, 0.717) is 5.69 Å². The molecule has 0 amide bonds. The summed E-state index contributed by atoms with van der Waals surface area (Å²) in [6.45, 7) is 1.99. The van der Waals surface area contributed by atoms with Crippen molar-refractivity contribution in [2.75, 3.05) is 0 Å². The Morgan fingerprint density at radius 3 is 2.80 bits per heavy atom. The molecular weight excluding hydrogens is 276 g/mol. The number of aromatic carboxylic acids is 1. The summed E-state index contributed by atoms with van der Waals surface area (Å²) in [5.41, 5.74) is 3.62. The van der Waals surface area contributed by atoms with Gasteiger partial charge < -0.3 is 10.1 Å². The lowest BCUT2D eigenvalue weighted by Gasteiger charge is -2.04. The van der Waals surface area contributed by atoms with E-state index in [-0.39, 0.29) is 10.7 Å². The normalized spacial score (nSPS) is 10.9. The minimum absolute atomic E-state index is 0.130. The molecule has 0 aliphatic carbocycles. The molecule has 4 nitrogen and oxygen atoms in total. The van der Waals surface area contributed by atoms with Crippen molar-refractivity contribution in [3.05, 3.63) is 52.8 Å². The molecular formula is C15H11ClN2O2. The fraction of sp³-hybridized carbons (Fsp3) is 0.0667. The molecule has 100 valence electrons. The van der Waals surface area contributed by atoms with Crippen molar-refractivity contribution in [3.63, 3.8) is 0 Å². The van der Waals surface area contributed by atoms with Gasteiger partial charge in [-0.3, -0.25) is 0 Å². The van der Waals surface area contributed by atoms with Gasteiger partial charge in [-0.1, -0.05) is 17.7 Å². The summed E-state index contributed by atoms with van der Waals surface area (Å²) in [6.07, 6.45) is 0. The Morgan fingerprint density at radius 1 is 1.25 bits per heavy atom. The molecule has 1 aromatic carbocycles. The lowest BCUT2D eigenvalue weighted by Crippen LogP contribution is -1.98. The Bertz CT molecular complexity index is 824. The van der Waals surface area contributed by atoms with Crippen LogP contribution < -0.4 is 0 Å². The highest BCUT2D eigenvalue weighted by molar-refractivity contribution is 6.29. The third kappa shape index (κ3) is 2.26. The van der Waals surface area contributed by atoms with Crippen LogP contribution in [0.2, 0.25) is 5.15 Å². The Balaban J connectivity index is 2.16. The highest BCUT2D eigenvalue weighted by Gasteiger charge is 2.10. The number of hydrogen-bond acceptors (Lipinski definition) is 2. The quantitative estimate of drug-likeness (QED) is 0.702. The Kier molecular flexibility index (Phi) is 2.95. The van der Waals surface area contributed by atoms with Gasteiger partial charge in [-0.15, -0.1) is 0 Å². The van der Waals surface area contributed by atoms with Crippen molar-refractivity contribution in [2.45, 2.75) is 6.92 Å². The van der Waals surface area contributed by atoms with Crippen LogP contribution in [0.25, 0.3) is 22.2 Å². The molecule has 5 heteroatoms. The molecule has 0 unspecified atom stereocenters. The number of aryl methyl sites for hydroxylation is 1. The third-order valence-electron chi connectivity index (χ3n) is 3.09. The van der Waals surface area contributed by atoms with Gasteiger partial charge in [-0.25, -0.2) is 9.78 Å². The first-order valence-corrected chi connectivity index (χ1v) is 6.41. The van der Waals surface area contributed by atoms with Crippen LogP contribution in [0.5, 0.6) is 0 Å². The number of aromatic amines is 1. The average molecular weight is 287 g/mol. The highest BCUT2D eigenvalue weighted by atomic mass is 35.5. The maximum atomic E-state index is 11.1. The molecule has 20 heavy (non-hydrogen) atoms. The van der Waals surface area contributed by atoms with Gasteiger partial charge in [0.1, 0.15) is 5.15 Å². The van der Waals surface area contributed by atoms with E-state index in [1.807, 2.05) is 31.2 Å². The number of carbonyl (C=O) groups is 1. The highest BCUT2D eigenvalue weighted by Crippen LogP contribution is 2.25. The molecule has 0 radical (unpaired) electrons. The number of nitrogens with zero attached hydrogens (tertiary/aromatic N) is 1. The van der Waals surface area contributed by atoms with Crippen LogP contribution in [0.3, 0.4) is 0 Å². The SMILES string of the molecule is Cc1cc2cc(-c3cc(C(=O)O)cc(Cl)n3)ccc2[nH]1. The Morgan fingerprint density at radius 2 is 2.05 bits per heavy atom. The fourth-order valence-corrected chi connectivity index (χ4v) is 2.41. The van der Waals surface area contributed by atoms with Gasteiger partial charge in [0, 0.05) is 22.2 Å². The van der Waals surface area contributed by atoms with Crippen molar-refractivity contribution in [2.24, 2.45) is 0 Å². The molecule has 3 rings (SSSR count). The monoisotopic (exact) mass is 286 g/mol. The molecule has 0 fully saturated rings. The number of nitrogens with one attached hydrogen (secondary N) is 1. The van der Waals surface area contributed by atoms with Crippen molar-refractivity contribution in [3.8, 4) is 11.3 Å². The van der Waals surface area contributed by atoms with Gasteiger partial charge in [0.05, 0.1) is 11.3 Å². The van der Waals surface area contributed by atoms with E-state index in [1.165, 1.54) is 12.1 Å². The van der Waals surface area contributed by atoms with Gasteiger partial charge in [-0.2, -0.15) is 0 Å². The number of H-pyrrole nitrogens is 1. The summed E-state index contributed by atoms with van der Waals surface area (Å²) in [5.74, 6) is -1.02. The lowest BCUT2D eigenvalue weighted by atomic mass is 10.1. The van der Waals surface area contributed by atoms with E-state index in [0.717, 1.165) is 22.2 Å². The molecule has 0 spiro atoms. The van der Waals surface area contributed by atoms with Crippen LogP contribution in [0.1, 0.15) is 16.1 Å². The summed E-state index contributed by atoms with van der Waals surface area (Å²) < 4.78 is 0. The molecule has 0 saturated carbocycles. The first kappa shape index (κ1) is 12.7. The van der Waals surface area contributed by atoms with Crippen molar-refractivity contribution in [1.82, 2.24) is 9.97 Å². The molecule has 0 bridgehead atoms. The molecule has 0 saturated heterocycles. The molecule has 2 aromatic heterocycles. The molecule has 0 aliphatic rings. The number of carboxylic acids is 1. The number of hydrogen-bond donors (Lipinski definition) is 2. The van der Waals surface area contributed by atoms with Crippen molar-refractivity contribution in [1.29, 1.82) is 0 Å². The second kappa shape index (κ2) is 4.65. The number of pyridine rings is 1. The second-order valence-electron chi connectivity index (χ2n) is 4.62. The summed E-state index contributed by atoms with van der Waals surface area (Å²) in [6, 6.07) is 10.7. The summed E-state index contributed by atoms with van der Waals surface area (Å²) in [5, 5.41) is 10.3. The minimum Gasteiger partial charge on any atom is -0.478 e. The Labute approximate surface area is 120 Å². The topological polar surface area (TPSA) is 66.0 Å². The molecule has 2 N–H and O–H groups in total. The zero-order chi connectivity index (χ0) is 14.3. The van der Waals surface area contributed by atoms with E-state index in [9.17, 15) is 4.79 Å². The number of benzene rings is 1. The first-order chi connectivity index (χ1) is 9.52. The van der Waals surface area contributed by atoms with Crippen LogP contribution >= 0.6 is 11.6 Å². The standard InChI is InChI=1S/C15H11ClN2O2/c1-8-4-10-5-9(2-3-12(10)17-8)13-6-11(15(19)20)7-14(16)18-13/h2-7,17H,1H3,(H,19,20). The van der Waals surface area contributed by atoms with E-state index < -0.39 is 5.97 Å². The number of fused-ring (bicyclic) bond motifs is 1. The van der Waals surface area contributed by atoms with Crippen LogP contribution in [0.15, 0.2) is 36.4 Å². The first-order valence-electron chi connectivity index (χ1n) is 6.03. The zero-order valence-corrected chi connectivity index (χ0v) is 11.4. The van der Waals surface area contributed by atoms with Crippen LogP contribution in [-0.2, 0) is 0 Å². The van der Waals surface area contributed by atoms with E-state index in [1.54, 1.807) is 0 Å². The average Bonchev–Trinajstić information content (AvgIpc) is 2.76. The maximum Gasteiger partial charge on any atom is 0.335 e. The van der Waals surface area contributed by atoms with Crippen LogP contribution in [0, 0.1) is 6.92 Å². The van der Waals surface area contributed by atoms with Crippen LogP contribution in [-0.4, -0.2) is 21.0 Å². The number of carboxylic acid groups (broad SMARTS) is 1. The fourth-order valence-electron chi connectivity index (χ4n) is 2.21. The van der Waals surface area contributed by atoms with Crippen molar-refractivity contribution < 1.29 is 9.90 Å². The lowest BCUT2D eigenvalue weighted by molar-refractivity contribution is 0.0697. The van der Waals surface area contributed by atoms with Gasteiger partial charge in [-0.05, 0) is 37.3 Å². The summed E-state index contributed by atoms with van der Waals surface area (Å²) in [7, 11) is 0. The predicted molar refractivity (Wildman–Crippen MR) is 78.2 cm³/mol. The van der Waals surface area contributed by atoms with Gasteiger partial charge in [0.25, 0.3) is 0 Å². The van der Waals surface area contributed by atoms with Gasteiger partial charge >= 0.3 is 5.97 Å². The third-order valence-corrected chi connectivity index (χ3v) is 3.29. The number of rotatable bonds is 2. The number of halogens is 1. The van der Waals surface area contributed by atoms with Gasteiger partial charge in [0.15, 0.2) is 0 Å². The molecule has 2 heterocycles. The summed E-state index contributed by atoms with van der Waals surface area (Å²) in [4.78, 5) is 18.5. The predicted octanol–water partition coefficient (Wildman–Crippen LogP) is 3.89. The van der Waals surface area contributed by atoms with E-state index >= 15 is 0 Å². The Hall–Kier alpha value is -2.33. The molecule has 0 aliphatic heterocycles. The largest absolute Gasteiger partial charge is 0.478 e. The minimum atomic E-state index is -1.02. The van der Waals surface area contributed by atoms with Crippen molar-refractivity contribution >= 4 is 28.5 Å². The molecule has 3 aromatic rings. The molecule has 0 atom stereocenters. The van der Waals surface area contributed by atoms with Gasteiger partial charge in [0.2, 0.25) is 0 Å². The van der Waals surface area contributed by atoms with E-state index in [2.05, 4.69) is 9.97 Å².